The molecular formula is C19H17ClFN5O2S. The molecule has 7 nitrogen and oxygen atoms in total. The number of nitrogens with zero attached hydrogens (tertiary/aromatic N) is 3. The van der Waals surface area contributed by atoms with E-state index in [0.29, 0.717) is 23.0 Å². The van der Waals surface area contributed by atoms with Crippen molar-refractivity contribution in [3.8, 4) is 17.1 Å². The number of thioether (sulfide) groups is 1. The van der Waals surface area contributed by atoms with E-state index in [9.17, 15) is 14.0 Å². The predicted octanol–water partition coefficient (Wildman–Crippen LogP) is 3.66. The van der Waals surface area contributed by atoms with Gasteiger partial charge in [0.1, 0.15) is 5.82 Å². The Labute approximate surface area is 175 Å². The lowest BCUT2D eigenvalue weighted by molar-refractivity contribution is -0.117. The van der Waals surface area contributed by atoms with Gasteiger partial charge in [-0.05, 0) is 31.2 Å². The molecule has 0 aliphatic heterocycles. The van der Waals surface area contributed by atoms with Crippen molar-refractivity contribution >= 4 is 35.3 Å². The summed E-state index contributed by atoms with van der Waals surface area (Å²) >= 11 is 7.32. The Hall–Kier alpha value is -2.91. The zero-order valence-electron chi connectivity index (χ0n) is 15.4. The molecule has 0 radical (unpaired) electrons. The van der Waals surface area contributed by atoms with E-state index in [-0.39, 0.29) is 16.6 Å². The van der Waals surface area contributed by atoms with Gasteiger partial charge in [-0.3, -0.25) is 14.7 Å². The van der Waals surface area contributed by atoms with Gasteiger partial charge in [0, 0.05) is 12.1 Å². The lowest BCUT2D eigenvalue weighted by Crippen LogP contribution is -2.40. The van der Waals surface area contributed by atoms with Crippen LogP contribution in [-0.2, 0) is 4.79 Å². The number of hydrogen-bond acceptors (Lipinski definition) is 5. The molecule has 1 aromatic heterocycles. The largest absolute Gasteiger partial charge is 0.338 e. The molecule has 0 spiro atoms. The van der Waals surface area contributed by atoms with Gasteiger partial charge in [-0.1, -0.05) is 47.6 Å². The molecule has 0 aliphatic rings. The molecule has 3 amide bonds. The number of benzene rings is 2. The quantitative estimate of drug-likeness (QED) is 0.579. The molecule has 3 aromatic rings. The van der Waals surface area contributed by atoms with Crippen molar-refractivity contribution in [1.82, 2.24) is 25.4 Å². The minimum atomic E-state index is -0.578. The molecule has 2 N–H and O–H groups in total. The highest BCUT2D eigenvalue weighted by Gasteiger charge is 2.21. The molecule has 0 bridgehead atoms. The second-order valence-corrected chi connectivity index (χ2v) is 7.12. The van der Waals surface area contributed by atoms with E-state index < -0.39 is 17.8 Å². The van der Waals surface area contributed by atoms with Crippen molar-refractivity contribution in [2.75, 3.05) is 12.3 Å². The number of halogens is 2. The fraction of sp³-hybridized carbons (Fsp3) is 0.158. The first-order valence-electron chi connectivity index (χ1n) is 8.67. The second kappa shape index (κ2) is 9.53. The van der Waals surface area contributed by atoms with Gasteiger partial charge in [-0.15, -0.1) is 10.2 Å². The molecule has 1 heterocycles. The number of hydrogen-bond donors (Lipinski definition) is 2. The van der Waals surface area contributed by atoms with E-state index in [0.717, 1.165) is 11.8 Å². The minimum Gasteiger partial charge on any atom is -0.338 e. The summed E-state index contributed by atoms with van der Waals surface area (Å²) in [7, 11) is 0. The Morgan fingerprint density at radius 1 is 1.14 bits per heavy atom. The van der Waals surface area contributed by atoms with E-state index >= 15 is 0 Å². The lowest BCUT2D eigenvalue weighted by Gasteiger charge is -2.12. The van der Waals surface area contributed by atoms with Gasteiger partial charge in [-0.2, -0.15) is 0 Å². The SMILES string of the molecule is CCNC(=O)NC(=O)CSc1nnc(-c2ccccc2Cl)n1-c1ccccc1F. The monoisotopic (exact) mass is 433 g/mol. The maximum atomic E-state index is 14.5. The van der Waals surface area contributed by atoms with Crippen LogP contribution in [-0.4, -0.2) is 39.0 Å². The number of carbonyl (C=O) groups excluding carboxylic acids is 2. The van der Waals surface area contributed by atoms with Crippen LogP contribution in [0.3, 0.4) is 0 Å². The van der Waals surface area contributed by atoms with Crippen LogP contribution in [0.15, 0.2) is 53.7 Å². The highest BCUT2D eigenvalue weighted by molar-refractivity contribution is 7.99. The van der Waals surface area contributed by atoms with Crippen LogP contribution in [0.2, 0.25) is 5.02 Å². The molecule has 0 unspecified atom stereocenters. The van der Waals surface area contributed by atoms with E-state index in [1.165, 1.54) is 10.6 Å². The van der Waals surface area contributed by atoms with Gasteiger partial charge < -0.3 is 5.32 Å². The predicted molar refractivity (Wildman–Crippen MR) is 110 cm³/mol. The maximum Gasteiger partial charge on any atom is 0.321 e. The van der Waals surface area contributed by atoms with Crippen LogP contribution in [0.1, 0.15) is 6.92 Å². The maximum absolute atomic E-state index is 14.5. The number of carbonyl (C=O) groups is 2. The molecular weight excluding hydrogens is 417 g/mol. The topological polar surface area (TPSA) is 88.9 Å². The van der Waals surface area contributed by atoms with Gasteiger partial charge in [0.15, 0.2) is 11.0 Å². The van der Waals surface area contributed by atoms with Crippen LogP contribution in [0.5, 0.6) is 0 Å². The molecule has 0 fully saturated rings. The van der Waals surface area contributed by atoms with Crippen molar-refractivity contribution < 1.29 is 14.0 Å². The van der Waals surface area contributed by atoms with E-state index in [1.54, 1.807) is 49.4 Å². The smallest absolute Gasteiger partial charge is 0.321 e. The third kappa shape index (κ3) is 4.93. The van der Waals surface area contributed by atoms with Crippen molar-refractivity contribution in [1.29, 1.82) is 0 Å². The molecule has 150 valence electrons. The number of imide groups is 1. The normalized spacial score (nSPS) is 10.6. The van der Waals surface area contributed by atoms with E-state index in [4.69, 9.17) is 11.6 Å². The molecule has 0 saturated carbocycles. The molecule has 3 rings (SSSR count). The Bertz CT molecular complexity index is 1040. The Morgan fingerprint density at radius 3 is 2.59 bits per heavy atom. The first kappa shape index (κ1) is 20.8. The van der Waals surface area contributed by atoms with Crippen molar-refractivity contribution in [2.24, 2.45) is 0 Å². The molecule has 10 heteroatoms. The van der Waals surface area contributed by atoms with Gasteiger partial charge in [0.25, 0.3) is 0 Å². The summed E-state index contributed by atoms with van der Waals surface area (Å²) in [6, 6.07) is 12.6. The summed E-state index contributed by atoms with van der Waals surface area (Å²) < 4.78 is 16.0. The first-order valence-corrected chi connectivity index (χ1v) is 10.0. The summed E-state index contributed by atoms with van der Waals surface area (Å²) in [6.45, 7) is 2.14. The van der Waals surface area contributed by atoms with Crippen LogP contribution in [0.25, 0.3) is 17.1 Å². The third-order valence-corrected chi connectivity index (χ3v) is 5.02. The zero-order valence-corrected chi connectivity index (χ0v) is 16.9. The Balaban J connectivity index is 1.94. The van der Waals surface area contributed by atoms with Gasteiger partial charge in [0.2, 0.25) is 5.91 Å². The van der Waals surface area contributed by atoms with E-state index in [2.05, 4.69) is 20.8 Å². The average Bonchev–Trinajstić information content (AvgIpc) is 3.10. The summed E-state index contributed by atoms with van der Waals surface area (Å²) in [4.78, 5) is 23.5. The Morgan fingerprint density at radius 2 is 1.86 bits per heavy atom. The highest BCUT2D eigenvalue weighted by atomic mass is 35.5. The average molecular weight is 434 g/mol. The highest BCUT2D eigenvalue weighted by Crippen LogP contribution is 2.32. The summed E-state index contributed by atoms with van der Waals surface area (Å²) in [5, 5.41) is 13.7. The lowest BCUT2D eigenvalue weighted by atomic mass is 10.2. The first-order chi connectivity index (χ1) is 14.0. The van der Waals surface area contributed by atoms with E-state index in [1.807, 2.05) is 0 Å². The molecule has 0 aliphatic carbocycles. The summed E-state index contributed by atoms with van der Waals surface area (Å²) in [5.41, 5.74) is 0.794. The molecule has 2 aromatic carbocycles. The second-order valence-electron chi connectivity index (χ2n) is 5.77. The standard InChI is InChI=1S/C19H17ClFN5O2S/c1-2-22-18(28)23-16(27)11-29-19-25-24-17(12-7-3-4-8-13(12)20)26(19)15-10-6-5-9-14(15)21/h3-10H,2,11H2,1H3,(H2,22,23,27,28). The molecule has 29 heavy (non-hydrogen) atoms. The minimum absolute atomic E-state index is 0.105. The number of urea groups is 1. The zero-order chi connectivity index (χ0) is 20.8. The number of nitrogens with one attached hydrogen (secondary N) is 2. The summed E-state index contributed by atoms with van der Waals surface area (Å²) in [5.74, 6) is -0.753. The number of para-hydroxylation sites is 1. The van der Waals surface area contributed by atoms with Crippen molar-refractivity contribution in [3.63, 3.8) is 0 Å². The number of aromatic nitrogens is 3. The van der Waals surface area contributed by atoms with Crippen LogP contribution < -0.4 is 10.6 Å². The van der Waals surface area contributed by atoms with Crippen LogP contribution in [0.4, 0.5) is 9.18 Å². The molecule has 0 saturated heterocycles. The summed E-state index contributed by atoms with van der Waals surface area (Å²) in [6.07, 6.45) is 0. The van der Waals surface area contributed by atoms with Gasteiger partial charge in [0.05, 0.1) is 16.5 Å². The Kier molecular flexibility index (Phi) is 6.84. The van der Waals surface area contributed by atoms with Gasteiger partial charge in [-0.25, -0.2) is 9.18 Å². The van der Waals surface area contributed by atoms with Gasteiger partial charge >= 0.3 is 6.03 Å². The fourth-order valence-corrected chi connectivity index (χ4v) is 3.49. The number of rotatable bonds is 6. The number of amides is 3. The van der Waals surface area contributed by atoms with Crippen LogP contribution in [0, 0.1) is 5.82 Å². The third-order valence-electron chi connectivity index (χ3n) is 3.76. The molecule has 0 atom stereocenters. The van der Waals surface area contributed by atoms with Crippen molar-refractivity contribution in [2.45, 2.75) is 12.1 Å². The fourth-order valence-electron chi connectivity index (χ4n) is 2.53. The van der Waals surface area contributed by atoms with Crippen LogP contribution >= 0.6 is 23.4 Å². The van der Waals surface area contributed by atoms with Crippen molar-refractivity contribution in [3.05, 3.63) is 59.4 Å².